The number of hydrogen-bond acceptors (Lipinski definition) is 5. The highest BCUT2D eigenvalue weighted by atomic mass is 16.5. The molecule has 2 atom stereocenters. The zero-order valence-electron chi connectivity index (χ0n) is 10.6. The highest BCUT2D eigenvalue weighted by Crippen LogP contribution is 2.24. The molecule has 2 rings (SSSR count). The van der Waals surface area contributed by atoms with Gasteiger partial charge in [-0.05, 0) is 19.3 Å². The lowest BCUT2D eigenvalue weighted by Crippen LogP contribution is -2.36. The summed E-state index contributed by atoms with van der Waals surface area (Å²) in [5.41, 5.74) is 0. The highest BCUT2D eigenvalue weighted by molar-refractivity contribution is 5.70. The maximum atomic E-state index is 10.9. The van der Waals surface area contributed by atoms with Gasteiger partial charge in [-0.15, -0.1) is 0 Å². The Morgan fingerprint density at radius 1 is 1.56 bits per heavy atom. The summed E-state index contributed by atoms with van der Waals surface area (Å²) < 4.78 is 5.02. The van der Waals surface area contributed by atoms with Gasteiger partial charge < -0.3 is 14.9 Å². The van der Waals surface area contributed by atoms with Gasteiger partial charge in [0.15, 0.2) is 5.82 Å². The van der Waals surface area contributed by atoms with Crippen LogP contribution in [0.3, 0.4) is 0 Å². The van der Waals surface area contributed by atoms with Crippen molar-refractivity contribution in [2.24, 2.45) is 5.92 Å². The van der Waals surface area contributed by atoms with Gasteiger partial charge in [-0.3, -0.25) is 4.79 Å². The summed E-state index contributed by atoms with van der Waals surface area (Å²) >= 11 is 0. The van der Waals surface area contributed by atoms with Crippen LogP contribution in [0.1, 0.15) is 44.3 Å². The van der Waals surface area contributed by atoms with E-state index < -0.39 is 5.97 Å². The first-order valence-electron chi connectivity index (χ1n) is 6.46. The van der Waals surface area contributed by atoms with Crippen LogP contribution in [-0.2, 0) is 17.8 Å². The van der Waals surface area contributed by atoms with Crippen molar-refractivity contribution in [1.82, 2.24) is 15.5 Å². The second kappa shape index (κ2) is 5.95. The molecule has 1 aliphatic carbocycles. The van der Waals surface area contributed by atoms with Crippen LogP contribution in [0, 0.1) is 5.92 Å². The van der Waals surface area contributed by atoms with Crippen LogP contribution in [0.2, 0.25) is 0 Å². The van der Waals surface area contributed by atoms with Crippen molar-refractivity contribution in [3.05, 3.63) is 11.7 Å². The zero-order valence-corrected chi connectivity index (χ0v) is 10.6. The van der Waals surface area contributed by atoms with E-state index in [1.165, 1.54) is 0 Å². The highest BCUT2D eigenvalue weighted by Gasteiger charge is 2.26. The third kappa shape index (κ3) is 3.29. The van der Waals surface area contributed by atoms with Gasteiger partial charge in [-0.25, -0.2) is 0 Å². The van der Waals surface area contributed by atoms with Crippen LogP contribution in [0.5, 0.6) is 0 Å². The smallest absolute Gasteiger partial charge is 0.306 e. The van der Waals surface area contributed by atoms with Gasteiger partial charge in [0.1, 0.15) is 0 Å². The number of aromatic nitrogens is 2. The molecule has 1 aliphatic rings. The average molecular weight is 253 g/mol. The normalized spacial score (nSPS) is 24.1. The van der Waals surface area contributed by atoms with Crippen LogP contribution in [0.15, 0.2) is 4.52 Å². The van der Waals surface area contributed by atoms with Gasteiger partial charge in [0.2, 0.25) is 5.89 Å². The number of nitrogens with zero attached hydrogens (tertiary/aromatic N) is 2. The van der Waals surface area contributed by atoms with Crippen molar-refractivity contribution in [3.8, 4) is 0 Å². The third-order valence-corrected chi connectivity index (χ3v) is 3.38. The van der Waals surface area contributed by atoms with Crippen molar-refractivity contribution < 1.29 is 14.4 Å². The van der Waals surface area contributed by atoms with Crippen molar-refractivity contribution in [2.75, 3.05) is 0 Å². The minimum atomic E-state index is -0.686. The van der Waals surface area contributed by atoms with E-state index in [1.807, 2.05) is 6.92 Å². The molecule has 0 spiro atoms. The van der Waals surface area contributed by atoms with Crippen LogP contribution in [0.4, 0.5) is 0 Å². The second-order valence-corrected chi connectivity index (χ2v) is 4.74. The Morgan fingerprint density at radius 2 is 2.39 bits per heavy atom. The van der Waals surface area contributed by atoms with E-state index in [0.29, 0.717) is 24.7 Å². The summed E-state index contributed by atoms with van der Waals surface area (Å²) in [7, 11) is 0. The number of carboxylic acids is 1. The standard InChI is InChI=1S/C12H19N3O3/c1-2-11-14-10(15-18-11)7-13-9-5-3-4-8(6-9)12(16)17/h8-9,13H,2-7H2,1H3,(H,16,17). The summed E-state index contributed by atoms with van der Waals surface area (Å²) in [6.07, 6.45) is 4.18. The molecule has 1 fully saturated rings. The number of aliphatic carboxylic acids is 1. The second-order valence-electron chi connectivity index (χ2n) is 4.74. The number of carboxylic acid groups (broad SMARTS) is 1. The molecule has 0 saturated heterocycles. The van der Waals surface area contributed by atoms with E-state index >= 15 is 0 Å². The Bertz CT molecular complexity index is 405. The minimum absolute atomic E-state index is 0.215. The van der Waals surface area contributed by atoms with Crippen LogP contribution in [-0.4, -0.2) is 27.3 Å². The third-order valence-electron chi connectivity index (χ3n) is 3.38. The maximum absolute atomic E-state index is 10.9. The first kappa shape index (κ1) is 13.0. The molecule has 1 aromatic heterocycles. The molecule has 0 bridgehead atoms. The van der Waals surface area contributed by atoms with Crippen LogP contribution in [0.25, 0.3) is 0 Å². The van der Waals surface area contributed by atoms with E-state index in [-0.39, 0.29) is 12.0 Å². The number of carbonyl (C=O) groups is 1. The van der Waals surface area contributed by atoms with Crippen LogP contribution < -0.4 is 5.32 Å². The van der Waals surface area contributed by atoms with Gasteiger partial charge in [0.25, 0.3) is 0 Å². The van der Waals surface area contributed by atoms with E-state index in [9.17, 15) is 4.79 Å². The molecule has 1 heterocycles. The lowest BCUT2D eigenvalue weighted by atomic mass is 9.86. The molecule has 0 radical (unpaired) electrons. The van der Waals surface area contributed by atoms with Gasteiger partial charge in [-0.2, -0.15) is 4.98 Å². The fraction of sp³-hybridized carbons (Fsp3) is 0.750. The molecule has 0 amide bonds. The van der Waals surface area contributed by atoms with E-state index in [2.05, 4.69) is 15.5 Å². The van der Waals surface area contributed by atoms with Gasteiger partial charge in [-0.1, -0.05) is 18.5 Å². The molecule has 18 heavy (non-hydrogen) atoms. The number of aryl methyl sites for hydroxylation is 1. The molecule has 6 heteroatoms. The van der Waals surface area contributed by atoms with Crippen LogP contribution >= 0.6 is 0 Å². The topological polar surface area (TPSA) is 88.2 Å². The Morgan fingerprint density at radius 3 is 3.06 bits per heavy atom. The van der Waals surface area contributed by atoms with E-state index in [4.69, 9.17) is 9.63 Å². The molecule has 2 N–H and O–H groups in total. The molecular formula is C12H19N3O3. The molecule has 1 aromatic rings. The predicted molar refractivity (Wildman–Crippen MR) is 63.9 cm³/mol. The minimum Gasteiger partial charge on any atom is -0.481 e. The van der Waals surface area contributed by atoms with Crippen molar-refractivity contribution in [3.63, 3.8) is 0 Å². The first-order chi connectivity index (χ1) is 8.69. The molecule has 0 aromatic carbocycles. The average Bonchev–Trinajstić information content (AvgIpc) is 2.84. The summed E-state index contributed by atoms with van der Waals surface area (Å²) in [5, 5.41) is 16.2. The SMILES string of the molecule is CCc1nc(CNC2CCCC(C(=O)O)C2)no1. The quantitative estimate of drug-likeness (QED) is 0.823. The zero-order chi connectivity index (χ0) is 13.0. The maximum Gasteiger partial charge on any atom is 0.306 e. The van der Waals surface area contributed by atoms with Crippen molar-refractivity contribution >= 4 is 5.97 Å². The Labute approximate surface area is 106 Å². The lowest BCUT2D eigenvalue weighted by molar-refractivity contribution is -0.143. The summed E-state index contributed by atoms with van der Waals surface area (Å²) in [6.45, 7) is 2.50. The monoisotopic (exact) mass is 253 g/mol. The lowest BCUT2D eigenvalue weighted by Gasteiger charge is -2.26. The molecule has 2 unspecified atom stereocenters. The summed E-state index contributed by atoms with van der Waals surface area (Å²) in [5.74, 6) is 0.380. The first-order valence-corrected chi connectivity index (χ1v) is 6.46. The van der Waals surface area contributed by atoms with Gasteiger partial charge in [0, 0.05) is 12.5 Å². The largest absolute Gasteiger partial charge is 0.481 e. The number of hydrogen-bond donors (Lipinski definition) is 2. The fourth-order valence-corrected chi connectivity index (χ4v) is 2.34. The van der Waals surface area contributed by atoms with Crippen molar-refractivity contribution in [2.45, 2.75) is 51.6 Å². The molecular weight excluding hydrogens is 234 g/mol. The van der Waals surface area contributed by atoms with Crippen molar-refractivity contribution in [1.29, 1.82) is 0 Å². The van der Waals surface area contributed by atoms with E-state index in [0.717, 1.165) is 25.7 Å². The van der Waals surface area contributed by atoms with Gasteiger partial charge in [0.05, 0.1) is 12.5 Å². The fourth-order valence-electron chi connectivity index (χ4n) is 2.34. The molecule has 0 aliphatic heterocycles. The summed E-state index contributed by atoms with van der Waals surface area (Å²) in [6, 6.07) is 0.239. The Balaban J connectivity index is 1.80. The number of nitrogens with one attached hydrogen (secondary N) is 1. The van der Waals surface area contributed by atoms with E-state index in [1.54, 1.807) is 0 Å². The summed E-state index contributed by atoms with van der Waals surface area (Å²) in [4.78, 5) is 15.2. The molecule has 6 nitrogen and oxygen atoms in total. The molecule has 100 valence electrons. The Kier molecular flexibility index (Phi) is 4.30. The number of rotatable bonds is 5. The molecule has 1 saturated carbocycles. The Hall–Kier alpha value is -1.43. The van der Waals surface area contributed by atoms with Gasteiger partial charge >= 0.3 is 5.97 Å². The predicted octanol–water partition coefficient (Wildman–Crippen LogP) is 1.36.